The van der Waals surface area contributed by atoms with E-state index in [0.29, 0.717) is 0 Å². The van der Waals surface area contributed by atoms with Crippen molar-refractivity contribution < 1.29 is 98.5 Å². The number of hydrogen-bond donors (Lipinski definition) is 0. The first-order chi connectivity index (χ1) is 0. The molecule has 0 rings (SSSR count). The monoisotopic (exact) mass is 367 g/mol. The van der Waals surface area contributed by atoms with Gasteiger partial charge in [-0.05, 0) is 0 Å². The van der Waals surface area contributed by atoms with Crippen molar-refractivity contribution in [3.05, 3.63) is 0 Å². The second-order valence-electron chi connectivity index (χ2n) is 0. The fourth-order valence-corrected chi connectivity index (χ4v) is 0. The van der Waals surface area contributed by atoms with E-state index in [4.69, 9.17) is 0 Å². The summed E-state index contributed by atoms with van der Waals surface area (Å²) in [7, 11) is 0. The van der Waals surface area contributed by atoms with Crippen molar-refractivity contribution in [3.63, 3.8) is 0 Å². The minimum Gasteiger partial charge on any atom is 0 e. The zero-order valence-corrected chi connectivity index (χ0v) is 7.03. The number of halogens is 4. The van der Waals surface area contributed by atoms with Gasteiger partial charge in [0.05, 0.1) is 0 Å². The van der Waals surface area contributed by atoms with Crippen molar-refractivity contribution >= 4 is 29.6 Å². The van der Waals surface area contributed by atoms with Crippen molar-refractivity contribution in [1.82, 2.24) is 0 Å². The molecule has 0 unspecified atom stereocenters. The van der Waals surface area contributed by atoms with Crippen LogP contribution in [0.15, 0.2) is 0 Å². The maximum atomic E-state index is 0. The summed E-state index contributed by atoms with van der Waals surface area (Å²) < 4.78 is 0. The van der Waals surface area contributed by atoms with Crippen LogP contribution in [0.4, 0.5) is 18.8 Å². The van der Waals surface area contributed by atoms with E-state index in [1.807, 2.05) is 0 Å². The fraction of sp³-hybridized carbons (Fsp3) is 0. The maximum Gasteiger partial charge on any atom is 0 e. The van der Waals surface area contributed by atoms with Gasteiger partial charge in [-0.25, -0.2) is 0 Å². The molecule has 0 fully saturated rings. The molecule has 0 aliphatic carbocycles. The first kappa shape index (κ1) is 80.8. The smallest absolute Gasteiger partial charge is 0 e. The summed E-state index contributed by atoms with van der Waals surface area (Å²) in [6, 6.07) is 0. The van der Waals surface area contributed by atoms with E-state index in [1.54, 1.807) is 0 Å². The molecule has 0 aromatic rings. The van der Waals surface area contributed by atoms with E-state index in [0.717, 1.165) is 0 Å². The molecule has 0 saturated heterocycles. The van der Waals surface area contributed by atoms with Gasteiger partial charge in [-0.1, -0.05) is 0 Å². The summed E-state index contributed by atoms with van der Waals surface area (Å²) in [6.07, 6.45) is 0. The first-order valence-corrected chi connectivity index (χ1v) is 0. The molecular weight excluding hydrogens is 361 g/mol. The largest absolute Gasteiger partial charge is 0 e. The van der Waals surface area contributed by atoms with E-state index >= 15 is 0 Å². The Morgan fingerprint density at radius 1 is 0.571 bits per heavy atom. The van der Waals surface area contributed by atoms with Crippen LogP contribution in [0.3, 0.4) is 0 Å². The normalized spacial score (nSPS) is 0. The summed E-state index contributed by atoms with van der Waals surface area (Å²) in [6.45, 7) is 0. The number of rotatable bonds is 0. The molecule has 0 atom stereocenters. The predicted octanol–water partition coefficient (Wildman–Crippen LogP) is -0.0410. The van der Waals surface area contributed by atoms with Crippen LogP contribution >= 0.6 is 0 Å². The van der Waals surface area contributed by atoms with Crippen molar-refractivity contribution in [3.8, 4) is 0 Å². The molecule has 0 nitrogen and oxygen atoms in total. The van der Waals surface area contributed by atoms with E-state index in [2.05, 4.69) is 0 Å². The second-order valence-corrected chi connectivity index (χ2v) is 0. The minimum absolute atomic E-state index is 0. The van der Waals surface area contributed by atoms with Gasteiger partial charge in [0.25, 0.3) is 0 Å². The van der Waals surface area contributed by atoms with Gasteiger partial charge in [0.2, 0.25) is 0 Å². The van der Waals surface area contributed by atoms with E-state index in [9.17, 15) is 0 Å². The van der Waals surface area contributed by atoms with E-state index in [1.165, 1.54) is 0 Å². The van der Waals surface area contributed by atoms with Crippen molar-refractivity contribution in [2.45, 2.75) is 0 Å². The Balaban J connectivity index is 0. The fourth-order valence-electron chi connectivity index (χ4n) is 0. The van der Waals surface area contributed by atoms with Crippen LogP contribution in [0.5, 0.6) is 0 Å². The molecule has 7 heavy (non-hydrogen) atoms. The molecule has 0 amide bonds. The molecule has 0 aliphatic rings. The Hall–Kier alpha value is 3.34. The molecule has 0 bridgehead atoms. The molecule has 0 aromatic carbocycles. The van der Waals surface area contributed by atoms with Crippen LogP contribution in [-0.4, -0.2) is 29.6 Å². The Bertz CT molecular complexity index is 11.7. The number of hydrogen-bond acceptors (Lipinski definition) is 0. The molecule has 0 heterocycles. The minimum atomic E-state index is 0. The second kappa shape index (κ2) is 58.2. The van der Waals surface area contributed by atoms with Crippen LogP contribution in [-0.2, 0) is 32.7 Å². The summed E-state index contributed by atoms with van der Waals surface area (Å²) in [4.78, 5) is 0. The van der Waals surface area contributed by atoms with Gasteiger partial charge in [0.1, 0.15) is 0 Å². The summed E-state index contributed by atoms with van der Waals surface area (Å²) in [5, 5.41) is 0. The van der Waals surface area contributed by atoms with Crippen LogP contribution in [0.1, 0.15) is 0 Å². The van der Waals surface area contributed by atoms with E-state index < -0.39 is 0 Å². The molecule has 0 spiro atoms. The topological polar surface area (TPSA) is 0 Å². The predicted molar refractivity (Wildman–Crippen MR) is 17.2 cm³/mol. The molecular formula is H5F4NaYYb. The third-order valence-electron chi connectivity index (χ3n) is 0. The van der Waals surface area contributed by atoms with Crippen LogP contribution in [0, 0.1) is 46.9 Å². The average Bonchev–Trinajstić information content (AvgIpc) is 0. The van der Waals surface area contributed by atoms with Gasteiger partial charge in [-0.3, -0.25) is 18.8 Å². The zero-order valence-electron chi connectivity index (χ0n) is 2.48. The molecule has 51 valence electrons. The Labute approximate surface area is 125 Å². The van der Waals surface area contributed by atoms with Crippen molar-refractivity contribution in [1.29, 1.82) is 0 Å². The van der Waals surface area contributed by atoms with Gasteiger partial charge in [-0.15, -0.1) is 0 Å². The van der Waals surface area contributed by atoms with Gasteiger partial charge < -0.3 is 0 Å². The van der Waals surface area contributed by atoms with E-state index in [-0.39, 0.29) is 128 Å². The maximum absolute atomic E-state index is 0. The SMILES string of the molecule is F.F.F.F.[NaH].[Y].[Yb]. The van der Waals surface area contributed by atoms with Crippen molar-refractivity contribution in [2.24, 2.45) is 0 Å². The van der Waals surface area contributed by atoms with Crippen LogP contribution in [0.25, 0.3) is 0 Å². The van der Waals surface area contributed by atoms with Gasteiger partial charge in [-0.2, -0.15) is 0 Å². The Morgan fingerprint density at radius 3 is 0.571 bits per heavy atom. The first-order valence-electron chi connectivity index (χ1n) is 0. The van der Waals surface area contributed by atoms with Gasteiger partial charge in [0, 0.05) is 79.6 Å². The molecule has 0 aromatic heterocycles. The standard InChI is InChI=1S/4FH.Na.Y.Yb.H/h4*1H;;;;. The molecule has 0 saturated carbocycles. The molecule has 0 N–H and O–H groups in total. The molecule has 0 aliphatic heterocycles. The third-order valence-corrected chi connectivity index (χ3v) is 0. The third kappa shape index (κ3) is 45.1. The van der Waals surface area contributed by atoms with Gasteiger partial charge >= 0.3 is 29.6 Å². The van der Waals surface area contributed by atoms with Crippen LogP contribution < -0.4 is 0 Å². The Morgan fingerprint density at radius 2 is 0.571 bits per heavy atom. The molecule has 1 radical (unpaired) electrons. The summed E-state index contributed by atoms with van der Waals surface area (Å²) in [5.41, 5.74) is 0. The van der Waals surface area contributed by atoms with Crippen molar-refractivity contribution in [2.75, 3.05) is 0 Å². The van der Waals surface area contributed by atoms with Gasteiger partial charge in [0.15, 0.2) is 0 Å². The summed E-state index contributed by atoms with van der Waals surface area (Å²) in [5.74, 6) is 0. The molecule has 7 heteroatoms. The quantitative estimate of drug-likeness (QED) is 0.417. The summed E-state index contributed by atoms with van der Waals surface area (Å²) >= 11 is 0. The Kier molecular flexibility index (Phi) is 671. The van der Waals surface area contributed by atoms with Crippen LogP contribution in [0.2, 0.25) is 0 Å². The average molecular weight is 366 g/mol. The zero-order chi connectivity index (χ0) is 0.